The van der Waals surface area contributed by atoms with Crippen LogP contribution >= 0.6 is 0 Å². The molecule has 0 atom stereocenters. The Morgan fingerprint density at radius 2 is 2.00 bits per heavy atom. The number of aromatic nitrogens is 3. The molecule has 0 aliphatic carbocycles. The quantitative estimate of drug-likeness (QED) is 0.804. The number of nitrogens with zero attached hydrogens (tertiary/aromatic N) is 3. The summed E-state index contributed by atoms with van der Waals surface area (Å²) in [5.41, 5.74) is 2.43. The molecule has 0 spiro atoms. The van der Waals surface area contributed by atoms with E-state index in [1.54, 1.807) is 43.6 Å². The van der Waals surface area contributed by atoms with Gasteiger partial charge in [0, 0.05) is 36.8 Å². The summed E-state index contributed by atoms with van der Waals surface area (Å²) < 4.78 is 1.27. The number of aryl methyl sites for hydroxylation is 1. The number of amides is 1. The lowest BCUT2D eigenvalue weighted by molar-refractivity contribution is 0.102. The average Bonchev–Trinajstić information content (AvgIpc) is 2.58. The van der Waals surface area contributed by atoms with Crippen LogP contribution in [-0.4, -0.2) is 20.7 Å². The molecular formula is C17H14N4O2. The van der Waals surface area contributed by atoms with Crippen molar-refractivity contribution in [3.05, 3.63) is 76.8 Å². The van der Waals surface area contributed by atoms with E-state index in [0.717, 1.165) is 5.56 Å². The maximum atomic E-state index is 12.1. The first-order chi connectivity index (χ1) is 11.1. The standard InChI is InChI=1S/C17H14N4O2/c1-21-16(22)8-7-15(20-21)12-4-2-6-14(10-12)19-17(23)13-5-3-9-18-11-13/h2-11H,1H3,(H,19,23). The zero-order valence-electron chi connectivity index (χ0n) is 12.4. The van der Waals surface area contributed by atoms with Crippen molar-refractivity contribution in [1.82, 2.24) is 14.8 Å². The van der Waals surface area contributed by atoms with Gasteiger partial charge in [0.05, 0.1) is 11.3 Å². The number of rotatable bonds is 3. The second kappa shape index (κ2) is 6.23. The third-order valence-electron chi connectivity index (χ3n) is 3.30. The molecule has 0 bridgehead atoms. The molecular weight excluding hydrogens is 292 g/mol. The van der Waals surface area contributed by atoms with Crippen LogP contribution < -0.4 is 10.9 Å². The van der Waals surface area contributed by atoms with E-state index in [2.05, 4.69) is 15.4 Å². The van der Waals surface area contributed by atoms with Crippen LogP contribution in [0.25, 0.3) is 11.3 Å². The van der Waals surface area contributed by atoms with E-state index in [1.165, 1.54) is 16.9 Å². The Kier molecular flexibility index (Phi) is 3.97. The first-order valence-corrected chi connectivity index (χ1v) is 7.00. The van der Waals surface area contributed by atoms with E-state index < -0.39 is 0 Å². The highest BCUT2D eigenvalue weighted by atomic mass is 16.1. The maximum Gasteiger partial charge on any atom is 0.266 e. The van der Waals surface area contributed by atoms with Crippen LogP contribution in [0.15, 0.2) is 65.7 Å². The monoisotopic (exact) mass is 306 g/mol. The van der Waals surface area contributed by atoms with E-state index in [9.17, 15) is 9.59 Å². The molecule has 0 saturated heterocycles. The molecule has 1 aromatic carbocycles. The number of nitrogens with one attached hydrogen (secondary N) is 1. The van der Waals surface area contributed by atoms with Crippen LogP contribution in [0, 0.1) is 0 Å². The van der Waals surface area contributed by atoms with Gasteiger partial charge < -0.3 is 5.32 Å². The maximum absolute atomic E-state index is 12.1. The molecule has 0 aliphatic heterocycles. The summed E-state index contributed by atoms with van der Waals surface area (Å²) in [4.78, 5) is 27.5. The first-order valence-electron chi connectivity index (χ1n) is 7.00. The van der Waals surface area contributed by atoms with Crippen LogP contribution in [-0.2, 0) is 7.05 Å². The Labute approximate surface area is 132 Å². The first kappa shape index (κ1) is 14.6. The van der Waals surface area contributed by atoms with Gasteiger partial charge in [0.25, 0.3) is 11.5 Å². The van der Waals surface area contributed by atoms with E-state index in [1.807, 2.05) is 12.1 Å². The van der Waals surface area contributed by atoms with Crippen molar-refractivity contribution >= 4 is 11.6 Å². The van der Waals surface area contributed by atoms with E-state index in [0.29, 0.717) is 16.9 Å². The fraction of sp³-hybridized carbons (Fsp3) is 0.0588. The van der Waals surface area contributed by atoms with Crippen molar-refractivity contribution in [2.45, 2.75) is 0 Å². The van der Waals surface area contributed by atoms with E-state index in [4.69, 9.17) is 0 Å². The van der Waals surface area contributed by atoms with Crippen molar-refractivity contribution < 1.29 is 4.79 Å². The van der Waals surface area contributed by atoms with E-state index in [-0.39, 0.29) is 11.5 Å². The van der Waals surface area contributed by atoms with Crippen molar-refractivity contribution in [2.24, 2.45) is 7.05 Å². The van der Waals surface area contributed by atoms with Gasteiger partial charge in [-0.1, -0.05) is 12.1 Å². The summed E-state index contributed by atoms with van der Waals surface area (Å²) in [6.07, 6.45) is 3.12. The zero-order chi connectivity index (χ0) is 16.2. The van der Waals surface area contributed by atoms with Crippen LogP contribution in [0.4, 0.5) is 5.69 Å². The van der Waals surface area contributed by atoms with Gasteiger partial charge in [-0.3, -0.25) is 14.6 Å². The SMILES string of the molecule is Cn1nc(-c2cccc(NC(=O)c3cccnc3)c2)ccc1=O. The molecule has 6 nitrogen and oxygen atoms in total. The summed E-state index contributed by atoms with van der Waals surface area (Å²) in [6.45, 7) is 0. The molecule has 3 rings (SSSR count). The number of pyridine rings is 1. The number of hydrogen-bond donors (Lipinski definition) is 1. The summed E-state index contributed by atoms with van der Waals surface area (Å²) in [5.74, 6) is -0.233. The molecule has 0 unspecified atom stereocenters. The Balaban J connectivity index is 1.86. The van der Waals surface area contributed by atoms with Crippen molar-refractivity contribution in [3.8, 4) is 11.3 Å². The highest BCUT2D eigenvalue weighted by molar-refractivity contribution is 6.04. The van der Waals surface area contributed by atoms with Crippen molar-refractivity contribution in [1.29, 1.82) is 0 Å². The molecule has 0 saturated carbocycles. The summed E-state index contributed by atoms with van der Waals surface area (Å²) in [7, 11) is 1.60. The predicted molar refractivity (Wildman–Crippen MR) is 87.1 cm³/mol. The summed E-state index contributed by atoms with van der Waals surface area (Å²) in [6, 6.07) is 13.8. The predicted octanol–water partition coefficient (Wildman–Crippen LogP) is 2.09. The van der Waals surface area contributed by atoms with E-state index >= 15 is 0 Å². The normalized spacial score (nSPS) is 10.3. The molecule has 2 aromatic heterocycles. The topological polar surface area (TPSA) is 76.9 Å². The van der Waals surface area contributed by atoms with Gasteiger partial charge in [-0.05, 0) is 30.3 Å². The fourth-order valence-corrected chi connectivity index (χ4v) is 2.11. The van der Waals surface area contributed by atoms with Gasteiger partial charge in [0.1, 0.15) is 0 Å². The highest BCUT2D eigenvalue weighted by Crippen LogP contribution is 2.20. The molecule has 23 heavy (non-hydrogen) atoms. The average molecular weight is 306 g/mol. The zero-order valence-corrected chi connectivity index (χ0v) is 12.4. The van der Waals surface area contributed by atoms with Crippen LogP contribution in [0.5, 0.6) is 0 Å². The molecule has 3 aromatic rings. The van der Waals surface area contributed by atoms with Gasteiger partial charge in [-0.2, -0.15) is 5.10 Å². The van der Waals surface area contributed by atoms with Gasteiger partial charge in [-0.15, -0.1) is 0 Å². The second-order valence-corrected chi connectivity index (χ2v) is 4.96. The molecule has 0 radical (unpaired) electrons. The third kappa shape index (κ3) is 3.32. The van der Waals surface area contributed by atoms with Crippen molar-refractivity contribution in [3.63, 3.8) is 0 Å². The third-order valence-corrected chi connectivity index (χ3v) is 3.30. The number of carbonyl (C=O) groups excluding carboxylic acids is 1. The van der Waals surface area contributed by atoms with Crippen LogP contribution in [0.1, 0.15) is 10.4 Å². The molecule has 0 fully saturated rings. The Morgan fingerprint density at radius 3 is 2.74 bits per heavy atom. The molecule has 0 aliphatic rings. The lowest BCUT2D eigenvalue weighted by Crippen LogP contribution is -2.18. The smallest absolute Gasteiger partial charge is 0.266 e. The van der Waals surface area contributed by atoms with Gasteiger partial charge >= 0.3 is 0 Å². The summed E-state index contributed by atoms with van der Waals surface area (Å²) in [5, 5.41) is 7.02. The molecule has 1 amide bonds. The largest absolute Gasteiger partial charge is 0.322 e. The number of carbonyl (C=O) groups is 1. The molecule has 6 heteroatoms. The number of anilines is 1. The minimum Gasteiger partial charge on any atom is -0.322 e. The number of benzene rings is 1. The lowest BCUT2D eigenvalue weighted by atomic mass is 10.1. The molecule has 1 N–H and O–H groups in total. The minimum atomic E-state index is -0.233. The molecule has 114 valence electrons. The van der Waals surface area contributed by atoms with Gasteiger partial charge in [0.15, 0.2) is 0 Å². The number of hydrogen-bond acceptors (Lipinski definition) is 4. The summed E-state index contributed by atoms with van der Waals surface area (Å²) >= 11 is 0. The van der Waals surface area contributed by atoms with Gasteiger partial charge in [-0.25, -0.2) is 4.68 Å². The fourth-order valence-electron chi connectivity index (χ4n) is 2.11. The Hall–Kier alpha value is -3.28. The Morgan fingerprint density at radius 1 is 1.13 bits per heavy atom. The van der Waals surface area contributed by atoms with Gasteiger partial charge in [0.2, 0.25) is 0 Å². The minimum absolute atomic E-state index is 0.171. The molecule has 2 heterocycles. The van der Waals surface area contributed by atoms with Crippen LogP contribution in [0.3, 0.4) is 0 Å². The Bertz CT molecular complexity index is 904. The highest BCUT2D eigenvalue weighted by Gasteiger charge is 2.07. The second-order valence-electron chi connectivity index (χ2n) is 4.96. The van der Waals surface area contributed by atoms with Crippen molar-refractivity contribution in [2.75, 3.05) is 5.32 Å². The van der Waals surface area contributed by atoms with Crippen LogP contribution in [0.2, 0.25) is 0 Å². The lowest BCUT2D eigenvalue weighted by Gasteiger charge is -2.08.